The molecule has 106 valence electrons. The highest BCUT2D eigenvalue weighted by molar-refractivity contribution is 6.88. The SMILES string of the molecule is CCOCCOOC(=O)c1ccc([Si](C)(C)C)cc1. The van der Waals surface area contributed by atoms with Crippen molar-refractivity contribution in [3.8, 4) is 0 Å². The number of carbonyl (C=O) groups excluding carboxylic acids is 1. The Balaban J connectivity index is 2.45. The van der Waals surface area contributed by atoms with Gasteiger partial charge in [0.25, 0.3) is 0 Å². The van der Waals surface area contributed by atoms with Gasteiger partial charge in [0.1, 0.15) is 6.61 Å². The van der Waals surface area contributed by atoms with Crippen molar-refractivity contribution >= 4 is 19.2 Å². The summed E-state index contributed by atoms with van der Waals surface area (Å²) in [7, 11) is -1.33. The first-order valence-corrected chi connectivity index (χ1v) is 9.97. The van der Waals surface area contributed by atoms with Crippen molar-refractivity contribution in [3.05, 3.63) is 29.8 Å². The predicted octanol–water partition coefficient (Wildman–Crippen LogP) is 2.36. The van der Waals surface area contributed by atoms with Crippen LogP contribution < -0.4 is 5.19 Å². The largest absolute Gasteiger partial charge is 0.379 e. The van der Waals surface area contributed by atoms with Crippen molar-refractivity contribution in [2.75, 3.05) is 19.8 Å². The average Bonchev–Trinajstić information content (AvgIpc) is 2.37. The van der Waals surface area contributed by atoms with Gasteiger partial charge < -0.3 is 4.74 Å². The maximum Gasteiger partial charge on any atom is 0.373 e. The lowest BCUT2D eigenvalue weighted by molar-refractivity contribution is -0.247. The topological polar surface area (TPSA) is 44.8 Å². The molecule has 0 aromatic heterocycles. The normalized spacial score (nSPS) is 11.4. The van der Waals surface area contributed by atoms with Gasteiger partial charge in [0.15, 0.2) is 0 Å². The maximum atomic E-state index is 11.7. The Bertz CT molecular complexity index is 395. The number of benzene rings is 1. The van der Waals surface area contributed by atoms with Gasteiger partial charge in [-0.2, -0.15) is 4.89 Å². The van der Waals surface area contributed by atoms with E-state index in [4.69, 9.17) is 14.5 Å². The number of ether oxygens (including phenoxy) is 1. The average molecular weight is 282 g/mol. The van der Waals surface area contributed by atoms with Crippen molar-refractivity contribution in [2.24, 2.45) is 0 Å². The van der Waals surface area contributed by atoms with Crippen LogP contribution in [0.2, 0.25) is 19.6 Å². The van der Waals surface area contributed by atoms with Gasteiger partial charge in [-0.3, -0.25) is 4.89 Å². The van der Waals surface area contributed by atoms with Crippen LogP contribution in [0, 0.1) is 0 Å². The molecule has 1 aromatic rings. The van der Waals surface area contributed by atoms with Crippen LogP contribution >= 0.6 is 0 Å². The first-order chi connectivity index (χ1) is 8.95. The second-order valence-corrected chi connectivity index (χ2v) is 10.3. The summed E-state index contributed by atoms with van der Waals surface area (Å²) in [4.78, 5) is 21.1. The molecule has 0 atom stereocenters. The van der Waals surface area contributed by atoms with Crippen LogP contribution in [0.1, 0.15) is 17.3 Å². The lowest BCUT2D eigenvalue weighted by Gasteiger charge is -2.16. The highest BCUT2D eigenvalue weighted by atomic mass is 28.3. The second-order valence-electron chi connectivity index (χ2n) is 5.22. The molecule has 0 spiro atoms. The lowest BCUT2D eigenvalue weighted by atomic mass is 10.2. The van der Waals surface area contributed by atoms with Gasteiger partial charge in [-0.25, -0.2) is 4.79 Å². The first kappa shape index (κ1) is 15.9. The monoisotopic (exact) mass is 282 g/mol. The van der Waals surface area contributed by atoms with E-state index in [1.807, 2.05) is 19.1 Å². The molecular formula is C14H22O4Si. The summed E-state index contributed by atoms with van der Waals surface area (Å²) in [6, 6.07) is 7.54. The molecule has 19 heavy (non-hydrogen) atoms. The van der Waals surface area contributed by atoms with E-state index in [1.165, 1.54) is 5.19 Å². The van der Waals surface area contributed by atoms with E-state index in [0.717, 1.165) is 0 Å². The highest BCUT2D eigenvalue weighted by Gasteiger charge is 2.17. The molecule has 5 heteroatoms. The standard InChI is InChI=1S/C14H22O4Si/c1-5-16-10-11-17-18-14(15)12-6-8-13(9-7-12)19(2,3)4/h6-9H,5,10-11H2,1-4H3. The van der Waals surface area contributed by atoms with Gasteiger partial charge in [-0.15, -0.1) is 0 Å². The highest BCUT2D eigenvalue weighted by Crippen LogP contribution is 2.06. The van der Waals surface area contributed by atoms with Crippen molar-refractivity contribution in [1.82, 2.24) is 0 Å². The molecule has 0 N–H and O–H groups in total. The Morgan fingerprint density at radius 3 is 2.26 bits per heavy atom. The van der Waals surface area contributed by atoms with Crippen molar-refractivity contribution in [2.45, 2.75) is 26.6 Å². The number of rotatable bonds is 7. The van der Waals surface area contributed by atoms with E-state index in [2.05, 4.69) is 19.6 Å². The van der Waals surface area contributed by atoms with Crippen LogP contribution in [0.3, 0.4) is 0 Å². The summed E-state index contributed by atoms with van der Waals surface area (Å²) in [6.07, 6.45) is 0. The maximum absolute atomic E-state index is 11.7. The second kappa shape index (κ2) is 7.42. The third-order valence-corrected chi connectivity index (χ3v) is 4.70. The predicted molar refractivity (Wildman–Crippen MR) is 77.3 cm³/mol. The zero-order chi connectivity index (χ0) is 14.3. The zero-order valence-corrected chi connectivity index (χ0v) is 13.1. The minimum atomic E-state index is -1.33. The van der Waals surface area contributed by atoms with E-state index in [0.29, 0.717) is 18.8 Å². The van der Waals surface area contributed by atoms with Gasteiger partial charge in [0.05, 0.1) is 20.2 Å². The van der Waals surface area contributed by atoms with Crippen LogP contribution in [0.4, 0.5) is 0 Å². The molecule has 1 rings (SSSR count). The molecule has 0 fully saturated rings. The number of carbonyl (C=O) groups is 1. The van der Waals surface area contributed by atoms with Crippen molar-refractivity contribution in [3.63, 3.8) is 0 Å². The summed E-state index contributed by atoms with van der Waals surface area (Å²) >= 11 is 0. The van der Waals surface area contributed by atoms with Crippen molar-refractivity contribution < 1.29 is 19.3 Å². The molecule has 0 saturated heterocycles. The molecule has 0 unspecified atom stereocenters. The van der Waals surface area contributed by atoms with E-state index in [1.54, 1.807) is 12.1 Å². The molecule has 0 aliphatic carbocycles. The summed E-state index contributed by atoms with van der Waals surface area (Å²) < 4.78 is 5.06. The molecule has 0 amide bonds. The molecule has 0 saturated carbocycles. The number of hydrogen-bond donors (Lipinski definition) is 0. The van der Waals surface area contributed by atoms with Crippen LogP contribution in [0.5, 0.6) is 0 Å². The van der Waals surface area contributed by atoms with E-state index in [-0.39, 0.29) is 6.61 Å². The Hall–Kier alpha value is -1.17. The Morgan fingerprint density at radius 1 is 1.11 bits per heavy atom. The van der Waals surface area contributed by atoms with Crippen molar-refractivity contribution in [1.29, 1.82) is 0 Å². The molecule has 0 bridgehead atoms. The third kappa shape index (κ3) is 5.55. The Labute approximate surface area is 115 Å². The number of hydrogen-bond acceptors (Lipinski definition) is 4. The fourth-order valence-electron chi connectivity index (χ4n) is 1.49. The van der Waals surface area contributed by atoms with Crippen LogP contribution in [-0.2, 0) is 14.5 Å². The summed E-state index contributed by atoms with van der Waals surface area (Å²) in [5, 5.41) is 1.31. The van der Waals surface area contributed by atoms with Crippen LogP contribution in [-0.4, -0.2) is 33.9 Å². The fraction of sp³-hybridized carbons (Fsp3) is 0.500. The van der Waals surface area contributed by atoms with Gasteiger partial charge in [-0.05, 0) is 19.1 Å². The molecule has 0 radical (unpaired) electrons. The molecule has 0 heterocycles. The van der Waals surface area contributed by atoms with E-state index >= 15 is 0 Å². The summed E-state index contributed by atoms with van der Waals surface area (Å²) in [5.74, 6) is -0.473. The summed E-state index contributed by atoms with van der Waals surface area (Å²) in [6.45, 7) is 9.96. The first-order valence-electron chi connectivity index (χ1n) is 6.47. The molecule has 0 aliphatic heterocycles. The van der Waals surface area contributed by atoms with E-state index < -0.39 is 14.0 Å². The lowest BCUT2D eigenvalue weighted by Crippen LogP contribution is -2.37. The fourth-order valence-corrected chi connectivity index (χ4v) is 2.65. The Kier molecular flexibility index (Phi) is 6.21. The van der Waals surface area contributed by atoms with Gasteiger partial charge in [0, 0.05) is 6.61 Å². The van der Waals surface area contributed by atoms with Gasteiger partial charge in [0.2, 0.25) is 0 Å². The minimum Gasteiger partial charge on any atom is -0.379 e. The van der Waals surface area contributed by atoms with Crippen LogP contribution in [0.15, 0.2) is 24.3 Å². The molecule has 4 nitrogen and oxygen atoms in total. The third-order valence-electron chi connectivity index (χ3n) is 2.64. The molecule has 1 aromatic carbocycles. The molecule has 0 aliphatic rings. The van der Waals surface area contributed by atoms with Gasteiger partial charge in [-0.1, -0.05) is 37.0 Å². The van der Waals surface area contributed by atoms with Gasteiger partial charge >= 0.3 is 5.97 Å². The Morgan fingerprint density at radius 2 is 1.74 bits per heavy atom. The van der Waals surface area contributed by atoms with E-state index in [9.17, 15) is 4.79 Å². The zero-order valence-electron chi connectivity index (χ0n) is 12.1. The summed E-state index contributed by atoms with van der Waals surface area (Å²) in [5.41, 5.74) is 0.499. The van der Waals surface area contributed by atoms with Crippen LogP contribution in [0.25, 0.3) is 0 Å². The molecular weight excluding hydrogens is 260 g/mol. The smallest absolute Gasteiger partial charge is 0.373 e. The minimum absolute atomic E-state index is 0.243. The quantitative estimate of drug-likeness (QED) is 0.333.